The summed E-state index contributed by atoms with van der Waals surface area (Å²) >= 11 is 0. The Morgan fingerprint density at radius 3 is 2.86 bits per heavy atom. The number of amides is 1. The van der Waals surface area contributed by atoms with E-state index >= 15 is 0 Å². The van der Waals surface area contributed by atoms with Crippen LogP contribution < -0.4 is 11.1 Å². The van der Waals surface area contributed by atoms with Crippen molar-refractivity contribution in [1.82, 2.24) is 0 Å². The molecule has 0 aromatic heterocycles. The molecule has 2 rings (SSSR count). The van der Waals surface area contributed by atoms with Gasteiger partial charge in [-0.05, 0) is 17.7 Å². The van der Waals surface area contributed by atoms with Gasteiger partial charge in [0.1, 0.15) is 5.70 Å². The minimum Gasteiger partial charge on any atom is -0.364 e. The van der Waals surface area contributed by atoms with Gasteiger partial charge in [0.25, 0.3) is 5.91 Å². The lowest BCUT2D eigenvalue weighted by atomic mass is 10.2. The summed E-state index contributed by atoms with van der Waals surface area (Å²) in [4.78, 5) is 11.0. The van der Waals surface area contributed by atoms with E-state index in [1.807, 2.05) is 30.3 Å². The van der Waals surface area contributed by atoms with Gasteiger partial charge in [0.15, 0.2) is 0 Å². The SMILES string of the molecule is NC(=O)C1=CC=Cc2ccccc2N1. The first-order chi connectivity index (χ1) is 6.77. The molecule has 70 valence electrons. The zero-order valence-corrected chi connectivity index (χ0v) is 7.53. The minimum absolute atomic E-state index is 0.409. The van der Waals surface area contributed by atoms with E-state index in [0.29, 0.717) is 5.70 Å². The van der Waals surface area contributed by atoms with Crippen LogP contribution in [0.2, 0.25) is 0 Å². The zero-order valence-electron chi connectivity index (χ0n) is 7.53. The molecule has 1 aromatic rings. The van der Waals surface area contributed by atoms with E-state index in [9.17, 15) is 4.79 Å². The molecular formula is C11H10N2O. The third-order valence-electron chi connectivity index (χ3n) is 2.03. The number of benzene rings is 1. The van der Waals surface area contributed by atoms with Gasteiger partial charge in [0, 0.05) is 5.69 Å². The number of anilines is 1. The predicted molar refractivity (Wildman–Crippen MR) is 56.4 cm³/mol. The van der Waals surface area contributed by atoms with Crippen molar-refractivity contribution in [2.45, 2.75) is 0 Å². The summed E-state index contributed by atoms with van der Waals surface area (Å²) in [6.07, 6.45) is 5.40. The molecule has 1 aromatic carbocycles. The second kappa shape index (κ2) is 3.38. The van der Waals surface area contributed by atoms with Gasteiger partial charge in [-0.3, -0.25) is 4.79 Å². The van der Waals surface area contributed by atoms with E-state index in [4.69, 9.17) is 5.73 Å². The van der Waals surface area contributed by atoms with Crippen LogP contribution in [0.3, 0.4) is 0 Å². The van der Waals surface area contributed by atoms with Crippen LogP contribution in [0, 0.1) is 0 Å². The van der Waals surface area contributed by atoms with Gasteiger partial charge < -0.3 is 11.1 Å². The van der Waals surface area contributed by atoms with Gasteiger partial charge in [-0.2, -0.15) is 0 Å². The summed E-state index contributed by atoms with van der Waals surface area (Å²) in [5.41, 5.74) is 7.54. The summed E-state index contributed by atoms with van der Waals surface area (Å²) < 4.78 is 0. The highest BCUT2D eigenvalue weighted by Gasteiger charge is 2.08. The van der Waals surface area contributed by atoms with Crippen molar-refractivity contribution in [3.63, 3.8) is 0 Å². The van der Waals surface area contributed by atoms with Crippen LogP contribution in [-0.4, -0.2) is 5.91 Å². The Balaban J connectivity index is 2.42. The number of rotatable bonds is 1. The third-order valence-corrected chi connectivity index (χ3v) is 2.03. The molecule has 1 amide bonds. The third kappa shape index (κ3) is 1.52. The highest BCUT2D eigenvalue weighted by atomic mass is 16.1. The van der Waals surface area contributed by atoms with Crippen LogP contribution >= 0.6 is 0 Å². The first kappa shape index (κ1) is 8.56. The summed E-state index contributed by atoms with van der Waals surface area (Å²) in [6, 6.07) is 7.72. The average Bonchev–Trinajstić information content (AvgIpc) is 2.39. The highest BCUT2D eigenvalue weighted by Crippen LogP contribution is 2.20. The monoisotopic (exact) mass is 186 g/mol. The predicted octanol–water partition coefficient (Wildman–Crippen LogP) is 1.49. The van der Waals surface area contributed by atoms with Crippen molar-refractivity contribution < 1.29 is 4.79 Å². The second-order valence-electron chi connectivity index (χ2n) is 3.02. The molecule has 1 heterocycles. The number of nitrogens with two attached hydrogens (primary N) is 1. The number of allylic oxidation sites excluding steroid dienone is 2. The molecule has 0 spiro atoms. The van der Waals surface area contributed by atoms with Crippen molar-refractivity contribution in [3.05, 3.63) is 47.7 Å². The number of primary amides is 1. The number of carbonyl (C=O) groups excluding carboxylic acids is 1. The maximum atomic E-state index is 11.0. The quantitative estimate of drug-likeness (QED) is 0.698. The number of nitrogens with one attached hydrogen (secondary N) is 1. The molecular weight excluding hydrogens is 176 g/mol. The molecule has 3 N–H and O–H groups in total. The lowest BCUT2D eigenvalue weighted by Gasteiger charge is -2.07. The van der Waals surface area contributed by atoms with Gasteiger partial charge in [-0.1, -0.05) is 30.4 Å². The topological polar surface area (TPSA) is 55.1 Å². The van der Waals surface area contributed by atoms with Gasteiger partial charge in [0.2, 0.25) is 0 Å². The molecule has 14 heavy (non-hydrogen) atoms. The Bertz CT molecular complexity index is 433. The lowest BCUT2D eigenvalue weighted by molar-refractivity contribution is -0.114. The van der Waals surface area contributed by atoms with Crippen molar-refractivity contribution in [1.29, 1.82) is 0 Å². The summed E-state index contributed by atoms with van der Waals surface area (Å²) in [7, 11) is 0. The van der Waals surface area contributed by atoms with Gasteiger partial charge in [-0.25, -0.2) is 0 Å². The fourth-order valence-electron chi connectivity index (χ4n) is 1.33. The largest absolute Gasteiger partial charge is 0.364 e. The fraction of sp³-hybridized carbons (Fsp3) is 0. The summed E-state index contributed by atoms with van der Waals surface area (Å²) in [6.45, 7) is 0. The molecule has 3 heteroatoms. The molecule has 3 nitrogen and oxygen atoms in total. The minimum atomic E-state index is -0.452. The number of fused-ring (bicyclic) bond motifs is 1. The van der Waals surface area contributed by atoms with Gasteiger partial charge in [0.05, 0.1) is 0 Å². The molecule has 0 saturated carbocycles. The maximum absolute atomic E-state index is 11.0. The number of para-hydroxylation sites is 1. The Morgan fingerprint density at radius 1 is 1.29 bits per heavy atom. The van der Waals surface area contributed by atoms with Gasteiger partial charge in [-0.15, -0.1) is 0 Å². The molecule has 0 saturated heterocycles. The lowest BCUT2D eigenvalue weighted by Crippen LogP contribution is -2.19. The molecule has 0 aliphatic carbocycles. The van der Waals surface area contributed by atoms with Gasteiger partial charge >= 0.3 is 0 Å². The van der Waals surface area contributed by atoms with E-state index in [1.165, 1.54) is 0 Å². The highest BCUT2D eigenvalue weighted by molar-refractivity contribution is 5.96. The van der Waals surface area contributed by atoms with Crippen molar-refractivity contribution in [2.24, 2.45) is 5.73 Å². The normalized spacial score (nSPS) is 13.6. The summed E-state index contributed by atoms with van der Waals surface area (Å²) in [5.74, 6) is -0.452. The fourth-order valence-corrected chi connectivity index (χ4v) is 1.33. The first-order valence-corrected chi connectivity index (χ1v) is 4.31. The zero-order chi connectivity index (χ0) is 9.97. The standard InChI is InChI=1S/C11H10N2O/c12-11(14)10-7-3-5-8-4-1-2-6-9(8)13-10/h1-7,13H,(H2,12,14). The Kier molecular flexibility index (Phi) is 2.07. The maximum Gasteiger partial charge on any atom is 0.265 e. The average molecular weight is 186 g/mol. The smallest absolute Gasteiger partial charge is 0.265 e. The first-order valence-electron chi connectivity index (χ1n) is 4.31. The molecule has 0 unspecified atom stereocenters. The number of hydrogen-bond donors (Lipinski definition) is 2. The Labute approximate surface area is 81.9 Å². The van der Waals surface area contributed by atoms with E-state index in [0.717, 1.165) is 11.3 Å². The molecule has 0 fully saturated rings. The Morgan fingerprint density at radius 2 is 2.07 bits per heavy atom. The molecule has 1 aliphatic heterocycles. The molecule has 0 atom stereocenters. The van der Waals surface area contributed by atoms with Crippen LogP contribution in [0.15, 0.2) is 42.1 Å². The molecule has 0 bridgehead atoms. The molecule has 1 aliphatic rings. The van der Waals surface area contributed by atoms with Crippen LogP contribution in [0.5, 0.6) is 0 Å². The number of carbonyl (C=O) groups is 1. The van der Waals surface area contributed by atoms with Crippen LogP contribution in [0.25, 0.3) is 6.08 Å². The van der Waals surface area contributed by atoms with Crippen molar-refractivity contribution in [3.8, 4) is 0 Å². The van der Waals surface area contributed by atoms with Crippen molar-refractivity contribution >= 4 is 17.7 Å². The van der Waals surface area contributed by atoms with E-state index in [1.54, 1.807) is 12.2 Å². The van der Waals surface area contributed by atoms with E-state index < -0.39 is 5.91 Å². The van der Waals surface area contributed by atoms with Crippen molar-refractivity contribution in [2.75, 3.05) is 5.32 Å². The number of hydrogen-bond acceptors (Lipinski definition) is 2. The van der Waals surface area contributed by atoms with E-state index in [2.05, 4.69) is 5.32 Å². The summed E-state index contributed by atoms with van der Waals surface area (Å²) in [5, 5.41) is 2.98. The molecule has 0 radical (unpaired) electrons. The van der Waals surface area contributed by atoms with Crippen LogP contribution in [-0.2, 0) is 4.79 Å². The Hall–Kier alpha value is -2.03. The second-order valence-corrected chi connectivity index (χ2v) is 3.02. The van der Waals surface area contributed by atoms with Crippen LogP contribution in [0.4, 0.5) is 5.69 Å². The van der Waals surface area contributed by atoms with E-state index in [-0.39, 0.29) is 0 Å². The van der Waals surface area contributed by atoms with Crippen LogP contribution in [0.1, 0.15) is 5.56 Å².